The van der Waals surface area contributed by atoms with E-state index in [9.17, 15) is 8.42 Å². The van der Waals surface area contributed by atoms with E-state index in [2.05, 4.69) is 34.1 Å². The van der Waals surface area contributed by atoms with Gasteiger partial charge in [0.1, 0.15) is 5.75 Å². The number of anilines is 2. The summed E-state index contributed by atoms with van der Waals surface area (Å²) in [7, 11) is -1.72. The zero-order valence-corrected chi connectivity index (χ0v) is 18.9. The van der Waals surface area contributed by atoms with Crippen LogP contribution >= 0.6 is 0 Å². The van der Waals surface area contributed by atoms with Gasteiger partial charge >= 0.3 is 0 Å². The second-order valence-electron chi connectivity index (χ2n) is 7.60. The van der Waals surface area contributed by atoms with Crippen molar-refractivity contribution < 1.29 is 13.2 Å². The number of ether oxygens (including phenoxy) is 1. The van der Waals surface area contributed by atoms with Gasteiger partial charge in [0.25, 0.3) is 0 Å². The lowest BCUT2D eigenvalue weighted by Crippen LogP contribution is -2.47. The summed E-state index contributed by atoms with van der Waals surface area (Å²) in [5, 5.41) is 0. The topological polar surface area (TPSA) is 53.1 Å². The van der Waals surface area contributed by atoms with Gasteiger partial charge in [0.2, 0.25) is 10.0 Å². The molecule has 1 heterocycles. The van der Waals surface area contributed by atoms with Gasteiger partial charge < -0.3 is 9.64 Å². The average molecular weight is 432 g/mol. The zero-order chi connectivity index (χ0) is 21.4. The summed E-state index contributed by atoms with van der Waals surface area (Å²) in [6, 6.07) is 17.8. The van der Waals surface area contributed by atoms with E-state index < -0.39 is 10.0 Å². The molecule has 1 saturated heterocycles. The van der Waals surface area contributed by atoms with Crippen molar-refractivity contribution in [1.82, 2.24) is 4.90 Å². The molecule has 0 aromatic heterocycles. The Morgan fingerprint density at radius 3 is 2.23 bits per heavy atom. The first-order valence-corrected chi connectivity index (χ1v) is 12.3. The van der Waals surface area contributed by atoms with Crippen LogP contribution in [-0.4, -0.2) is 65.4 Å². The van der Waals surface area contributed by atoms with E-state index >= 15 is 0 Å². The van der Waals surface area contributed by atoms with Crippen LogP contribution in [0.1, 0.15) is 19.8 Å². The Morgan fingerprint density at radius 1 is 0.967 bits per heavy atom. The molecule has 0 atom stereocenters. The molecule has 30 heavy (non-hydrogen) atoms. The minimum Gasteiger partial charge on any atom is -0.497 e. The minimum absolute atomic E-state index is 0.161. The molecule has 0 radical (unpaired) electrons. The van der Waals surface area contributed by atoms with Crippen LogP contribution in [0, 0.1) is 0 Å². The predicted molar refractivity (Wildman–Crippen MR) is 124 cm³/mol. The number of benzene rings is 2. The molecule has 1 fully saturated rings. The van der Waals surface area contributed by atoms with Gasteiger partial charge in [-0.2, -0.15) is 0 Å². The summed E-state index contributed by atoms with van der Waals surface area (Å²) in [6.07, 6.45) is 1.41. The highest BCUT2D eigenvalue weighted by atomic mass is 32.2. The number of nitrogens with zero attached hydrogens (tertiary/aromatic N) is 3. The average Bonchev–Trinajstić information content (AvgIpc) is 2.78. The lowest BCUT2D eigenvalue weighted by molar-refractivity contribution is 0.256. The van der Waals surface area contributed by atoms with E-state index in [0.29, 0.717) is 18.7 Å². The molecule has 0 spiro atoms. The molecule has 7 heteroatoms. The summed E-state index contributed by atoms with van der Waals surface area (Å²) in [6.45, 7) is 7.29. The van der Waals surface area contributed by atoms with Crippen molar-refractivity contribution in [3.05, 3.63) is 54.6 Å². The van der Waals surface area contributed by atoms with E-state index in [1.807, 2.05) is 37.3 Å². The van der Waals surface area contributed by atoms with Crippen LogP contribution < -0.4 is 13.9 Å². The number of hydrogen-bond donors (Lipinski definition) is 0. The number of piperazine rings is 1. The Hall–Kier alpha value is -2.25. The largest absolute Gasteiger partial charge is 0.497 e. The number of hydrogen-bond acceptors (Lipinski definition) is 5. The molecule has 0 amide bonds. The third kappa shape index (κ3) is 5.89. The van der Waals surface area contributed by atoms with Gasteiger partial charge in [0.15, 0.2) is 0 Å². The molecule has 0 unspecified atom stereocenters. The van der Waals surface area contributed by atoms with Gasteiger partial charge in [-0.3, -0.25) is 9.21 Å². The SMILES string of the molecule is CCCS(=O)(=O)N(CCCN1CCN(c2ccccc2)CC1)c1ccc(OC)cc1. The van der Waals surface area contributed by atoms with Crippen molar-refractivity contribution in [2.45, 2.75) is 19.8 Å². The predicted octanol–water partition coefficient (Wildman–Crippen LogP) is 3.45. The molecular formula is C23H33N3O3S. The standard InChI is InChI=1S/C23H33N3O3S/c1-3-20-30(27,28)26(22-10-12-23(29-2)13-11-22)15-7-14-24-16-18-25(19-17-24)21-8-5-4-6-9-21/h4-6,8-13H,3,7,14-20H2,1-2H3. The van der Waals surface area contributed by atoms with Crippen molar-refractivity contribution in [3.8, 4) is 5.75 Å². The Labute approximate surface area is 181 Å². The molecule has 1 aliphatic rings. The van der Waals surface area contributed by atoms with Crippen LogP contribution in [0.2, 0.25) is 0 Å². The smallest absolute Gasteiger partial charge is 0.235 e. The highest BCUT2D eigenvalue weighted by Crippen LogP contribution is 2.23. The maximum absolute atomic E-state index is 12.8. The second-order valence-corrected chi connectivity index (χ2v) is 9.62. The molecule has 0 aliphatic carbocycles. The van der Waals surface area contributed by atoms with Crippen LogP contribution in [0.5, 0.6) is 5.75 Å². The monoisotopic (exact) mass is 431 g/mol. The molecule has 0 saturated carbocycles. The number of sulfonamides is 1. The van der Waals surface area contributed by atoms with Gasteiger partial charge in [0, 0.05) is 45.0 Å². The summed E-state index contributed by atoms with van der Waals surface area (Å²) < 4.78 is 32.5. The summed E-state index contributed by atoms with van der Waals surface area (Å²) >= 11 is 0. The third-order valence-electron chi connectivity index (χ3n) is 5.49. The fraction of sp³-hybridized carbons (Fsp3) is 0.478. The maximum atomic E-state index is 12.8. The third-order valence-corrected chi connectivity index (χ3v) is 7.48. The lowest BCUT2D eigenvalue weighted by atomic mass is 10.2. The van der Waals surface area contributed by atoms with Crippen molar-refractivity contribution in [3.63, 3.8) is 0 Å². The maximum Gasteiger partial charge on any atom is 0.235 e. The lowest BCUT2D eigenvalue weighted by Gasteiger charge is -2.36. The second kappa shape index (κ2) is 10.7. The van der Waals surface area contributed by atoms with E-state index in [0.717, 1.165) is 44.9 Å². The molecule has 0 bridgehead atoms. The van der Waals surface area contributed by atoms with Crippen molar-refractivity contribution in [2.24, 2.45) is 0 Å². The van der Waals surface area contributed by atoms with Gasteiger partial charge in [-0.15, -0.1) is 0 Å². The Kier molecular flexibility index (Phi) is 7.99. The molecule has 3 rings (SSSR count). The van der Waals surface area contributed by atoms with Crippen molar-refractivity contribution in [2.75, 3.05) is 61.3 Å². The van der Waals surface area contributed by atoms with E-state index in [1.165, 1.54) is 5.69 Å². The fourth-order valence-electron chi connectivity index (χ4n) is 3.85. The molecule has 1 aliphatic heterocycles. The van der Waals surface area contributed by atoms with Crippen LogP contribution in [0.15, 0.2) is 54.6 Å². The quantitative estimate of drug-likeness (QED) is 0.577. The van der Waals surface area contributed by atoms with Crippen LogP contribution in [0.3, 0.4) is 0 Å². The highest BCUT2D eigenvalue weighted by molar-refractivity contribution is 7.92. The molecular weight excluding hydrogens is 398 g/mol. The highest BCUT2D eigenvalue weighted by Gasteiger charge is 2.22. The van der Waals surface area contributed by atoms with Crippen LogP contribution in [0.4, 0.5) is 11.4 Å². The van der Waals surface area contributed by atoms with E-state index in [1.54, 1.807) is 11.4 Å². The molecule has 0 N–H and O–H groups in total. The fourth-order valence-corrected chi connectivity index (χ4v) is 5.44. The van der Waals surface area contributed by atoms with E-state index in [-0.39, 0.29) is 5.75 Å². The van der Waals surface area contributed by atoms with E-state index in [4.69, 9.17) is 4.74 Å². The summed E-state index contributed by atoms with van der Waals surface area (Å²) in [5.41, 5.74) is 1.98. The Morgan fingerprint density at radius 2 is 1.63 bits per heavy atom. The van der Waals surface area contributed by atoms with Gasteiger partial charge in [-0.25, -0.2) is 8.42 Å². The number of para-hydroxylation sites is 1. The van der Waals surface area contributed by atoms with Gasteiger partial charge in [-0.1, -0.05) is 25.1 Å². The van der Waals surface area contributed by atoms with Gasteiger partial charge in [0.05, 0.1) is 18.6 Å². The van der Waals surface area contributed by atoms with Crippen molar-refractivity contribution in [1.29, 1.82) is 0 Å². The Balaban J connectivity index is 1.55. The number of rotatable bonds is 10. The summed E-state index contributed by atoms with van der Waals surface area (Å²) in [5.74, 6) is 0.886. The Bertz CT molecular complexity index is 864. The molecule has 6 nitrogen and oxygen atoms in total. The van der Waals surface area contributed by atoms with Gasteiger partial charge in [-0.05, 0) is 49.2 Å². The first-order valence-electron chi connectivity index (χ1n) is 10.7. The normalized spacial score (nSPS) is 15.2. The molecule has 2 aromatic rings. The first-order chi connectivity index (χ1) is 14.5. The van der Waals surface area contributed by atoms with Crippen LogP contribution in [-0.2, 0) is 10.0 Å². The zero-order valence-electron chi connectivity index (χ0n) is 18.0. The molecule has 164 valence electrons. The number of methoxy groups -OCH3 is 1. The van der Waals surface area contributed by atoms with Crippen molar-refractivity contribution >= 4 is 21.4 Å². The molecule has 2 aromatic carbocycles. The summed E-state index contributed by atoms with van der Waals surface area (Å²) in [4.78, 5) is 4.84. The van der Waals surface area contributed by atoms with Crippen LogP contribution in [0.25, 0.3) is 0 Å². The minimum atomic E-state index is -3.33. The first kappa shape index (κ1) is 22.4.